The summed E-state index contributed by atoms with van der Waals surface area (Å²) in [5, 5.41) is 15.9. The van der Waals surface area contributed by atoms with E-state index in [2.05, 4.69) is 10.3 Å². The molecule has 0 fully saturated rings. The smallest absolute Gasteiger partial charge is 0.358 e. The van der Waals surface area contributed by atoms with Crippen LogP contribution in [0, 0.1) is 29.1 Å². The lowest BCUT2D eigenvalue weighted by molar-refractivity contribution is 0.0691. The average Bonchev–Trinajstić information content (AvgIpc) is 2.96. The first-order valence-electron chi connectivity index (χ1n) is 6.58. The molecule has 10 heteroatoms. The fraction of sp³-hybridized carbons (Fsp3) is 0. The third kappa shape index (κ3) is 2.93. The molecule has 25 heavy (non-hydrogen) atoms. The van der Waals surface area contributed by atoms with E-state index in [-0.39, 0.29) is 5.56 Å². The van der Waals surface area contributed by atoms with E-state index >= 15 is 0 Å². The van der Waals surface area contributed by atoms with Gasteiger partial charge in [0.25, 0.3) is 0 Å². The molecule has 0 saturated heterocycles. The number of hydrogen-bond acceptors (Lipinski definition) is 3. The van der Waals surface area contributed by atoms with Gasteiger partial charge in [0, 0.05) is 23.8 Å². The van der Waals surface area contributed by atoms with E-state index in [0.717, 1.165) is 12.1 Å². The SMILES string of the molecule is O=C(O)c1nnn(-c2cc(F)c(F)c(F)c2)c1-c1cc(F)cc(F)c1. The Morgan fingerprint density at radius 3 is 2.00 bits per heavy atom. The molecule has 0 unspecified atom stereocenters. The number of carboxylic acids is 1. The minimum atomic E-state index is -1.74. The van der Waals surface area contributed by atoms with Gasteiger partial charge in [-0.15, -0.1) is 5.10 Å². The van der Waals surface area contributed by atoms with E-state index in [0.29, 0.717) is 22.9 Å². The Balaban J connectivity index is 2.31. The normalized spacial score (nSPS) is 10.9. The molecule has 2 aromatic carbocycles. The van der Waals surface area contributed by atoms with Gasteiger partial charge in [-0.3, -0.25) is 0 Å². The van der Waals surface area contributed by atoms with Gasteiger partial charge in [-0.1, -0.05) is 5.21 Å². The molecule has 3 rings (SSSR count). The van der Waals surface area contributed by atoms with Gasteiger partial charge in [-0.25, -0.2) is 31.4 Å². The van der Waals surface area contributed by atoms with E-state index in [1.807, 2.05) is 0 Å². The largest absolute Gasteiger partial charge is 0.476 e. The molecule has 0 bridgehead atoms. The lowest BCUT2D eigenvalue weighted by atomic mass is 10.1. The minimum absolute atomic E-state index is 0.287. The van der Waals surface area contributed by atoms with Crippen LogP contribution in [0.25, 0.3) is 16.9 Å². The topological polar surface area (TPSA) is 68.0 Å². The zero-order chi connectivity index (χ0) is 18.3. The van der Waals surface area contributed by atoms with Crippen LogP contribution in [0.1, 0.15) is 10.5 Å². The van der Waals surface area contributed by atoms with Crippen LogP contribution in [0.5, 0.6) is 0 Å². The Kier molecular flexibility index (Phi) is 3.95. The number of aromatic carboxylic acids is 1. The highest BCUT2D eigenvalue weighted by molar-refractivity contribution is 5.93. The van der Waals surface area contributed by atoms with Crippen LogP contribution in [-0.2, 0) is 0 Å². The van der Waals surface area contributed by atoms with Gasteiger partial charge >= 0.3 is 5.97 Å². The summed E-state index contributed by atoms with van der Waals surface area (Å²) in [5.74, 6) is -8.47. The van der Waals surface area contributed by atoms with Crippen molar-refractivity contribution in [3.05, 3.63) is 65.1 Å². The molecular formula is C15H6F5N3O2. The summed E-state index contributed by atoms with van der Waals surface area (Å²) in [6, 6.07) is 3.22. The number of hydrogen-bond donors (Lipinski definition) is 1. The number of rotatable bonds is 3. The lowest BCUT2D eigenvalue weighted by Crippen LogP contribution is -2.05. The van der Waals surface area contributed by atoms with Crippen LogP contribution >= 0.6 is 0 Å². The van der Waals surface area contributed by atoms with E-state index in [1.54, 1.807) is 0 Å². The van der Waals surface area contributed by atoms with Crippen LogP contribution in [0.2, 0.25) is 0 Å². The summed E-state index contributed by atoms with van der Waals surface area (Å²) in [7, 11) is 0. The molecular weight excluding hydrogens is 349 g/mol. The van der Waals surface area contributed by atoms with Crippen LogP contribution in [0.3, 0.4) is 0 Å². The molecule has 0 radical (unpaired) electrons. The maximum atomic E-state index is 13.5. The lowest BCUT2D eigenvalue weighted by Gasteiger charge is -2.09. The Labute approximate surface area is 135 Å². The maximum absolute atomic E-state index is 13.5. The Bertz CT molecular complexity index is 960. The monoisotopic (exact) mass is 355 g/mol. The second-order valence-corrected chi connectivity index (χ2v) is 4.89. The van der Waals surface area contributed by atoms with Crippen LogP contribution in [0.4, 0.5) is 22.0 Å². The molecule has 0 spiro atoms. The predicted octanol–water partition coefficient (Wildman–Crippen LogP) is 3.33. The summed E-state index contributed by atoms with van der Waals surface area (Å²) in [5.41, 5.74) is -1.85. The van der Waals surface area contributed by atoms with Crippen molar-refractivity contribution in [2.24, 2.45) is 0 Å². The Morgan fingerprint density at radius 2 is 1.48 bits per heavy atom. The number of carbonyl (C=O) groups is 1. The van der Waals surface area contributed by atoms with Crippen LogP contribution in [-0.4, -0.2) is 26.1 Å². The highest BCUT2D eigenvalue weighted by Gasteiger charge is 2.24. The van der Waals surface area contributed by atoms with Crippen LogP contribution in [0.15, 0.2) is 30.3 Å². The van der Waals surface area contributed by atoms with E-state index in [4.69, 9.17) is 5.11 Å². The molecule has 1 heterocycles. The summed E-state index contributed by atoms with van der Waals surface area (Å²) < 4.78 is 67.5. The van der Waals surface area contributed by atoms with Gasteiger partial charge in [-0.2, -0.15) is 0 Å². The number of nitrogens with zero attached hydrogens (tertiary/aromatic N) is 3. The van der Waals surface area contributed by atoms with Crippen molar-refractivity contribution in [3.8, 4) is 16.9 Å². The molecule has 0 atom stereocenters. The molecule has 0 saturated carbocycles. The third-order valence-electron chi connectivity index (χ3n) is 3.22. The molecule has 5 nitrogen and oxygen atoms in total. The van der Waals surface area contributed by atoms with Crippen molar-refractivity contribution < 1.29 is 31.9 Å². The second kappa shape index (κ2) is 5.96. The van der Waals surface area contributed by atoms with Gasteiger partial charge in [-0.05, 0) is 12.1 Å². The standard InChI is InChI=1S/C15H6F5N3O2/c16-7-1-6(2-8(17)3-7)14-13(15(24)25)21-22-23(14)9-4-10(18)12(20)11(19)5-9/h1-5H,(H,24,25). The molecule has 0 aliphatic heterocycles. The number of carboxylic acid groups (broad SMARTS) is 1. The highest BCUT2D eigenvalue weighted by Crippen LogP contribution is 2.28. The van der Waals surface area contributed by atoms with E-state index in [1.165, 1.54) is 0 Å². The van der Waals surface area contributed by atoms with Crippen molar-refractivity contribution in [3.63, 3.8) is 0 Å². The number of aromatic nitrogens is 3. The summed E-state index contributed by atoms with van der Waals surface area (Å²) in [6.45, 7) is 0. The zero-order valence-corrected chi connectivity index (χ0v) is 12.0. The predicted molar refractivity (Wildman–Crippen MR) is 73.5 cm³/mol. The Hall–Kier alpha value is -3.30. The third-order valence-corrected chi connectivity index (χ3v) is 3.22. The number of halogens is 5. The first-order chi connectivity index (χ1) is 11.8. The maximum Gasteiger partial charge on any atom is 0.358 e. The van der Waals surface area contributed by atoms with Crippen molar-refractivity contribution >= 4 is 5.97 Å². The molecule has 0 aliphatic rings. The van der Waals surface area contributed by atoms with E-state index in [9.17, 15) is 26.7 Å². The molecule has 1 aromatic heterocycles. The van der Waals surface area contributed by atoms with E-state index < -0.39 is 52.1 Å². The molecule has 1 N–H and O–H groups in total. The first kappa shape index (κ1) is 16.6. The first-order valence-corrected chi connectivity index (χ1v) is 6.58. The molecule has 0 amide bonds. The van der Waals surface area contributed by atoms with Gasteiger partial charge < -0.3 is 5.11 Å². The van der Waals surface area contributed by atoms with Gasteiger partial charge in [0.2, 0.25) is 0 Å². The van der Waals surface area contributed by atoms with Gasteiger partial charge in [0.1, 0.15) is 17.3 Å². The average molecular weight is 355 g/mol. The highest BCUT2D eigenvalue weighted by atomic mass is 19.2. The van der Waals surface area contributed by atoms with Crippen LogP contribution < -0.4 is 0 Å². The zero-order valence-electron chi connectivity index (χ0n) is 12.0. The molecule has 3 aromatic rings. The fourth-order valence-corrected chi connectivity index (χ4v) is 2.22. The minimum Gasteiger partial charge on any atom is -0.476 e. The Morgan fingerprint density at radius 1 is 0.920 bits per heavy atom. The van der Waals surface area contributed by atoms with Crippen molar-refractivity contribution in [1.29, 1.82) is 0 Å². The molecule has 0 aliphatic carbocycles. The summed E-state index contributed by atoms with van der Waals surface area (Å²) in [4.78, 5) is 11.3. The summed E-state index contributed by atoms with van der Waals surface area (Å²) >= 11 is 0. The van der Waals surface area contributed by atoms with Crippen molar-refractivity contribution in [2.75, 3.05) is 0 Å². The second-order valence-electron chi connectivity index (χ2n) is 4.89. The fourth-order valence-electron chi connectivity index (χ4n) is 2.22. The summed E-state index contributed by atoms with van der Waals surface area (Å²) in [6.07, 6.45) is 0. The van der Waals surface area contributed by atoms with Crippen molar-refractivity contribution in [2.45, 2.75) is 0 Å². The molecule has 128 valence electrons. The quantitative estimate of drug-likeness (QED) is 0.578. The van der Waals surface area contributed by atoms with Gasteiger partial charge in [0.15, 0.2) is 23.1 Å². The van der Waals surface area contributed by atoms with Gasteiger partial charge in [0.05, 0.1) is 5.69 Å². The number of benzene rings is 2. The van der Waals surface area contributed by atoms with Crippen molar-refractivity contribution in [1.82, 2.24) is 15.0 Å².